The van der Waals surface area contributed by atoms with E-state index in [4.69, 9.17) is 9.47 Å². The van der Waals surface area contributed by atoms with Gasteiger partial charge < -0.3 is 14.6 Å². The van der Waals surface area contributed by atoms with Crippen LogP contribution in [0, 0.1) is 0 Å². The second-order valence-corrected chi connectivity index (χ2v) is 17.6. The summed E-state index contributed by atoms with van der Waals surface area (Å²) in [4.78, 5) is 24.5. The smallest absolute Gasteiger partial charge is 0.306 e. The van der Waals surface area contributed by atoms with Crippen LogP contribution in [-0.4, -0.2) is 36.4 Å². The molecule has 0 heterocycles. The number of ether oxygens (including phenoxy) is 2. The summed E-state index contributed by atoms with van der Waals surface area (Å²) in [6.07, 6.45) is 86.6. The van der Waals surface area contributed by atoms with Crippen LogP contribution in [0.3, 0.4) is 0 Å². The fraction of sp³-hybridized carbons (Fsp3) is 0.587. The van der Waals surface area contributed by atoms with Gasteiger partial charge in [-0.15, -0.1) is 0 Å². The fourth-order valence-corrected chi connectivity index (χ4v) is 7.02. The zero-order valence-corrected chi connectivity index (χ0v) is 43.6. The first-order valence-corrected chi connectivity index (χ1v) is 27.4. The third-order valence-corrected chi connectivity index (χ3v) is 11.1. The van der Waals surface area contributed by atoms with Crippen LogP contribution >= 0.6 is 0 Å². The summed E-state index contributed by atoms with van der Waals surface area (Å²) in [6, 6.07) is 0. The maximum Gasteiger partial charge on any atom is 0.306 e. The fourth-order valence-electron chi connectivity index (χ4n) is 7.02. The number of unbranched alkanes of at least 4 members (excludes halogenated alkanes) is 16. The van der Waals surface area contributed by atoms with Crippen molar-refractivity contribution < 1.29 is 24.2 Å². The summed E-state index contributed by atoms with van der Waals surface area (Å²) >= 11 is 0. The molecule has 0 spiro atoms. The van der Waals surface area contributed by atoms with Crippen LogP contribution < -0.4 is 0 Å². The van der Waals surface area contributed by atoms with Crippen molar-refractivity contribution in [3.05, 3.63) is 146 Å². The number of allylic oxidation sites excluding steroid dienone is 24. The average Bonchev–Trinajstić information content (AvgIpc) is 3.34. The van der Waals surface area contributed by atoms with E-state index in [0.29, 0.717) is 12.8 Å². The monoisotopic (exact) mass is 937 g/mol. The molecule has 382 valence electrons. The highest BCUT2D eigenvalue weighted by molar-refractivity contribution is 5.70. The lowest BCUT2D eigenvalue weighted by Crippen LogP contribution is -2.28. The first-order valence-electron chi connectivity index (χ1n) is 27.4. The van der Waals surface area contributed by atoms with Gasteiger partial charge in [-0.3, -0.25) is 9.59 Å². The number of aliphatic hydroxyl groups excluding tert-OH is 1. The first kappa shape index (κ1) is 63.8. The van der Waals surface area contributed by atoms with Crippen molar-refractivity contribution in [2.75, 3.05) is 13.2 Å². The summed E-state index contributed by atoms with van der Waals surface area (Å²) in [5, 5.41) is 9.64. The van der Waals surface area contributed by atoms with Crippen molar-refractivity contribution >= 4 is 11.9 Å². The van der Waals surface area contributed by atoms with E-state index in [1.54, 1.807) is 0 Å². The van der Waals surface area contributed by atoms with Gasteiger partial charge in [0.15, 0.2) is 6.10 Å². The van der Waals surface area contributed by atoms with Crippen LogP contribution in [0.15, 0.2) is 146 Å². The number of carbonyl (C=O) groups is 2. The Morgan fingerprint density at radius 2 is 0.632 bits per heavy atom. The van der Waals surface area contributed by atoms with E-state index in [1.807, 2.05) is 0 Å². The number of rotatable bonds is 48. The summed E-state index contributed by atoms with van der Waals surface area (Å²) in [7, 11) is 0. The van der Waals surface area contributed by atoms with Crippen molar-refractivity contribution in [3.8, 4) is 0 Å². The highest BCUT2D eigenvalue weighted by atomic mass is 16.6. The quantitative estimate of drug-likeness (QED) is 0.0374. The third-order valence-electron chi connectivity index (χ3n) is 11.1. The summed E-state index contributed by atoms with van der Waals surface area (Å²) in [5.74, 6) is -0.656. The predicted molar refractivity (Wildman–Crippen MR) is 297 cm³/mol. The number of hydrogen-bond acceptors (Lipinski definition) is 5. The molecule has 0 rings (SSSR count). The maximum atomic E-state index is 12.3. The lowest BCUT2D eigenvalue weighted by Gasteiger charge is -2.15. The van der Waals surface area contributed by atoms with Gasteiger partial charge >= 0.3 is 11.9 Å². The second kappa shape index (κ2) is 57.1. The van der Waals surface area contributed by atoms with Crippen LogP contribution in [0.2, 0.25) is 0 Å². The molecule has 0 radical (unpaired) electrons. The summed E-state index contributed by atoms with van der Waals surface area (Å²) < 4.78 is 10.7. The number of aliphatic hydroxyl groups is 1. The molecule has 0 aromatic carbocycles. The lowest BCUT2D eigenvalue weighted by molar-refractivity contribution is -0.161. The van der Waals surface area contributed by atoms with E-state index < -0.39 is 6.10 Å². The topological polar surface area (TPSA) is 72.8 Å². The van der Waals surface area contributed by atoms with E-state index in [0.717, 1.165) is 103 Å². The van der Waals surface area contributed by atoms with Crippen molar-refractivity contribution in [1.82, 2.24) is 0 Å². The van der Waals surface area contributed by atoms with Crippen LogP contribution in [0.25, 0.3) is 0 Å². The standard InChI is InChI=1S/C63H100O5/c1-3-5-7-9-11-13-15-17-19-21-23-25-26-27-28-29-30-31-32-33-34-35-36-38-40-42-44-46-48-50-52-54-56-58-63(66)68-61(59-64)60-67-62(65)57-55-53-51-49-47-45-43-41-39-37-24-22-20-18-16-14-12-10-8-6-4-2/h5,7,11,13,16-19,22-25,27-28,30-31,33-34,36,38,42,44,48,50,61,64H,3-4,6,8-10,12,14-15,20-21,26,29,32,35,37,39-41,43,45-47,49,51-60H2,1-2H3/b7-5-,13-11-,18-16-,19-17-,24-22-,25-23-,28-27-,31-30-,34-33-,38-36-,44-42-,50-48-. The molecule has 0 aliphatic rings. The maximum absolute atomic E-state index is 12.3. The lowest BCUT2D eigenvalue weighted by atomic mass is 10.1. The Morgan fingerprint density at radius 3 is 0.985 bits per heavy atom. The summed E-state index contributed by atoms with van der Waals surface area (Å²) in [5.41, 5.74) is 0. The van der Waals surface area contributed by atoms with E-state index >= 15 is 0 Å². The molecular formula is C63H100O5. The van der Waals surface area contributed by atoms with Crippen molar-refractivity contribution in [2.45, 2.75) is 225 Å². The minimum absolute atomic E-state index is 0.0952. The number of hydrogen-bond donors (Lipinski definition) is 1. The van der Waals surface area contributed by atoms with Gasteiger partial charge in [-0.1, -0.05) is 230 Å². The van der Waals surface area contributed by atoms with E-state index in [1.165, 1.54) is 83.5 Å². The molecule has 0 bridgehead atoms. The van der Waals surface area contributed by atoms with Crippen LogP contribution in [0.1, 0.15) is 219 Å². The first-order chi connectivity index (χ1) is 33.6. The van der Waals surface area contributed by atoms with E-state index in [2.05, 4.69) is 160 Å². The van der Waals surface area contributed by atoms with Gasteiger partial charge in [-0.25, -0.2) is 0 Å². The SMILES string of the molecule is CC/C=C\C/C=C\C/C=C\C/C=C\C/C=C\C/C=C\C/C=C\C/C=C\C/C=C\C/C=C\CCCCC(=O)OC(CO)COC(=O)CCCCCCCCCCC/C=C\C/C=C\CCCCCCC. The molecule has 0 aliphatic heterocycles. The molecule has 68 heavy (non-hydrogen) atoms. The highest BCUT2D eigenvalue weighted by Gasteiger charge is 2.16. The van der Waals surface area contributed by atoms with Crippen LogP contribution in [-0.2, 0) is 19.1 Å². The Balaban J connectivity index is 3.69. The van der Waals surface area contributed by atoms with Crippen molar-refractivity contribution in [1.29, 1.82) is 0 Å². The van der Waals surface area contributed by atoms with Gasteiger partial charge in [0.05, 0.1) is 6.61 Å². The Bertz CT molecular complexity index is 1480. The molecule has 0 fully saturated rings. The molecule has 5 heteroatoms. The largest absolute Gasteiger partial charge is 0.462 e. The van der Waals surface area contributed by atoms with Gasteiger partial charge in [0.1, 0.15) is 6.61 Å². The molecule has 0 saturated heterocycles. The van der Waals surface area contributed by atoms with E-state index in [-0.39, 0.29) is 31.6 Å². The molecule has 0 amide bonds. The predicted octanol–water partition coefficient (Wildman–Crippen LogP) is 18.6. The summed E-state index contributed by atoms with van der Waals surface area (Å²) in [6.45, 7) is 3.97. The Labute approximate surface area is 418 Å². The molecule has 5 nitrogen and oxygen atoms in total. The molecule has 0 aromatic heterocycles. The highest BCUT2D eigenvalue weighted by Crippen LogP contribution is 2.13. The molecule has 0 saturated carbocycles. The molecule has 1 atom stereocenters. The Kier molecular flexibility index (Phi) is 53.6. The molecular weight excluding hydrogens is 837 g/mol. The minimum Gasteiger partial charge on any atom is -0.462 e. The zero-order chi connectivity index (χ0) is 49.2. The number of esters is 2. The van der Waals surface area contributed by atoms with Crippen molar-refractivity contribution in [3.63, 3.8) is 0 Å². The number of carbonyl (C=O) groups excluding carboxylic acids is 2. The second-order valence-electron chi connectivity index (χ2n) is 17.6. The minimum atomic E-state index is -0.809. The van der Waals surface area contributed by atoms with Gasteiger partial charge in [0, 0.05) is 12.8 Å². The molecule has 0 aliphatic carbocycles. The molecule has 1 unspecified atom stereocenters. The average molecular weight is 937 g/mol. The molecule has 1 N–H and O–H groups in total. The van der Waals surface area contributed by atoms with Crippen LogP contribution in [0.5, 0.6) is 0 Å². The van der Waals surface area contributed by atoms with Gasteiger partial charge in [-0.2, -0.15) is 0 Å². The normalized spacial score (nSPS) is 13.4. The Morgan fingerprint density at radius 1 is 0.353 bits per heavy atom. The van der Waals surface area contributed by atoms with Crippen molar-refractivity contribution in [2.24, 2.45) is 0 Å². The zero-order valence-electron chi connectivity index (χ0n) is 43.6. The molecule has 0 aromatic rings. The van der Waals surface area contributed by atoms with Gasteiger partial charge in [0.2, 0.25) is 0 Å². The van der Waals surface area contributed by atoms with Gasteiger partial charge in [-0.05, 0) is 122 Å². The van der Waals surface area contributed by atoms with Crippen LogP contribution in [0.4, 0.5) is 0 Å². The Hall–Kier alpha value is -4.22. The third kappa shape index (κ3) is 54.4. The van der Waals surface area contributed by atoms with E-state index in [9.17, 15) is 14.7 Å². The van der Waals surface area contributed by atoms with Gasteiger partial charge in [0.25, 0.3) is 0 Å².